The van der Waals surface area contributed by atoms with Crippen LogP contribution in [0.25, 0.3) is 0 Å². The van der Waals surface area contributed by atoms with Crippen LogP contribution in [0.4, 0.5) is 5.69 Å². The lowest BCUT2D eigenvalue weighted by molar-refractivity contribution is 0.485. The molecule has 0 aliphatic carbocycles. The molecule has 0 radical (unpaired) electrons. The highest BCUT2D eigenvalue weighted by Crippen LogP contribution is 2.28. The Morgan fingerprint density at radius 3 is 2.50 bits per heavy atom. The third-order valence-corrected chi connectivity index (χ3v) is 2.89. The largest absolute Gasteiger partial charge is 0.455 e. The molecule has 0 aliphatic rings. The Bertz CT molecular complexity index is 557. The van der Waals surface area contributed by atoms with Crippen LogP contribution in [0.1, 0.15) is 13.3 Å². The van der Waals surface area contributed by atoms with Gasteiger partial charge in [-0.25, -0.2) is 0 Å². The molecule has 0 amide bonds. The second kappa shape index (κ2) is 7.50. The van der Waals surface area contributed by atoms with E-state index in [0.717, 1.165) is 30.2 Å². The number of hydrogen-bond donors (Lipinski definition) is 2. The van der Waals surface area contributed by atoms with Crippen LogP contribution >= 0.6 is 12.2 Å². The minimum absolute atomic E-state index is 0.607. The quantitative estimate of drug-likeness (QED) is 0.808. The average molecular weight is 286 g/mol. The second-order valence-electron chi connectivity index (χ2n) is 4.29. The Morgan fingerprint density at radius 1 is 1.05 bits per heavy atom. The molecule has 4 heteroatoms. The Labute approximate surface area is 125 Å². The first-order chi connectivity index (χ1) is 9.79. The van der Waals surface area contributed by atoms with Crippen molar-refractivity contribution in [2.45, 2.75) is 13.3 Å². The zero-order chi connectivity index (χ0) is 14.2. The first-order valence-electron chi connectivity index (χ1n) is 6.66. The molecule has 0 saturated heterocycles. The van der Waals surface area contributed by atoms with Crippen LogP contribution in [0.3, 0.4) is 0 Å². The molecule has 0 heterocycles. The predicted molar refractivity (Wildman–Crippen MR) is 87.5 cm³/mol. The van der Waals surface area contributed by atoms with Gasteiger partial charge in [-0.1, -0.05) is 37.3 Å². The molecule has 0 aliphatic heterocycles. The number of benzene rings is 2. The van der Waals surface area contributed by atoms with Gasteiger partial charge in [-0.05, 0) is 42.9 Å². The fourth-order valence-corrected chi connectivity index (χ4v) is 1.89. The fourth-order valence-electron chi connectivity index (χ4n) is 1.68. The second-order valence-corrected chi connectivity index (χ2v) is 4.70. The van der Waals surface area contributed by atoms with Gasteiger partial charge in [0.2, 0.25) is 0 Å². The molecule has 0 atom stereocenters. The van der Waals surface area contributed by atoms with E-state index in [1.165, 1.54) is 0 Å². The van der Waals surface area contributed by atoms with Crippen LogP contribution in [0.5, 0.6) is 11.5 Å². The van der Waals surface area contributed by atoms with Gasteiger partial charge in [0.1, 0.15) is 5.75 Å². The van der Waals surface area contributed by atoms with Crippen LogP contribution in [0.2, 0.25) is 0 Å². The molecule has 0 spiro atoms. The molecular formula is C16H18N2OS. The lowest BCUT2D eigenvalue weighted by Gasteiger charge is -2.14. The molecule has 2 rings (SSSR count). The van der Waals surface area contributed by atoms with E-state index in [2.05, 4.69) is 17.6 Å². The van der Waals surface area contributed by atoms with Gasteiger partial charge in [-0.2, -0.15) is 0 Å². The topological polar surface area (TPSA) is 33.3 Å². The van der Waals surface area contributed by atoms with E-state index in [9.17, 15) is 0 Å². The summed E-state index contributed by atoms with van der Waals surface area (Å²) in [6.45, 7) is 2.95. The minimum Gasteiger partial charge on any atom is -0.455 e. The summed E-state index contributed by atoms with van der Waals surface area (Å²) in [5.74, 6) is 1.55. The predicted octanol–water partition coefficient (Wildman–Crippen LogP) is 4.18. The summed E-state index contributed by atoms with van der Waals surface area (Å²) < 4.78 is 5.86. The van der Waals surface area contributed by atoms with Crippen LogP contribution < -0.4 is 15.4 Å². The summed E-state index contributed by atoms with van der Waals surface area (Å²) in [6, 6.07) is 17.4. The maximum atomic E-state index is 5.86. The summed E-state index contributed by atoms with van der Waals surface area (Å²) in [7, 11) is 0. The van der Waals surface area contributed by atoms with Crippen molar-refractivity contribution in [3.8, 4) is 11.5 Å². The van der Waals surface area contributed by atoms with Crippen molar-refractivity contribution in [2.24, 2.45) is 0 Å². The van der Waals surface area contributed by atoms with Crippen LogP contribution in [0.15, 0.2) is 54.6 Å². The van der Waals surface area contributed by atoms with Crippen molar-refractivity contribution in [2.75, 3.05) is 11.9 Å². The molecule has 2 aromatic rings. The third kappa shape index (κ3) is 4.24. The van der Waals surface area contributed by atoms with E-state index >= 15 is 0 Å². The zero-order valence-corrected chi connectivity index (χ0v) is 12.2. The van der Waals surface area contributed by atoms with E-state index in [0.29, 0.717) is 5.11 Å². The molecule has 0 aromatic heterocycles. The van der Waals surface area contributed by atoms with Gasteiger partial charge in [-0.15, -0.1) is 0 Å². The molecule has 20 heavy (non-hydrogen) atoms. The summed E-state index contributed by atoms with van der Waals surface area (Å²) in [4.78, 5) is 0. The van der Waals surface area contributed by atoms with Gasteiger partial charge >= 0.3 is 0 Å². The van der Waals surface area contributed by atoms with Crippen molar-refractivity contribution < 1.29 is 4.74 Å². The van der Waals surface area contributed by atoms with E-state index in [-0.39, 0.29) is 0 Å². The maximum Gasteiger partial charge on any atom is 0.170 e. The van der Waals surface area contributed by atoms with Crippen LogP contribution in [0, 0.1) is 0 Å². The van der Waals surface area contributed by atoms with Gasteiger partial charge in [0.15, 0.2) is 10.9 Å². The normalized spacial score (nSPS) is 9.85. The van der Waals surface area contributed by atoms with Crippen molar-refractivity contribution in [3.63, 3.8) is 0 Å². The SMILES string of the molecule is CCCNC(=S)Nc1ccccc1Oc1ccccc1. The number of ether oxygens (including phenoxy) is 1. The van der Waals surface area contributed by atoms with E-state index in [4.69, 9.17) is 17.0 Å². The van der Waals surface area contributed by atoms with Gasteiger partial charge in [-0.3, -0.25) is 0 Å². The molecule has 0 unspecified atom stereocenters. The zero-order valence-electron chi connectivity index (χ0n) is 11.4. The van der Waals surface area contributed by atoms with E-state index < -0.39 is 0 Å². The highest BCUT2D eigenvalue weighted by molar-refractivity contribution is 7.80. The number of rotatable bonds is 5. The Kier molecular flexibility index (Phi) is 5.38. The van der Waals surface area contributed by atoms with Gasteiger partial charge in [0, 0.05) is 6.54 Å². The van der Waals surface area contributed by atoms with E-state index in [1.54, 1.807) is 0 Å². The summed E-state index contributed by atoms with van der Waals surface area (Å²) in [5, 5.41) is 6.90. The van der Waals surface area contributed by atoms with Crippen molar-refractivity contribution in [3.05, 3.63) is 54.6 Å². The number of para-hydroxylation sites is 3. The number of anilines is 1. The highest BCUT2D eigenvalue weighted by Gasteiger charge is 2.05. The summed E-state index contributed by atoms with van der Waals surface area (Å²) in [5.41, 5.74) is 0.852. The van der Waals surface area contributed by atoms with Crippen molar-refractivity contribution in [1.82, 2.24) is 5.32 Å². The molecule has 2 N–H and O–H groups in total. The van der Waals surface area contributed by atoms with Gasteiger partial charge in [0.05, 0.1) is 5.69 Å². The maximum absolute atomic E-state index is 5.86. The van der Waals surface area contributed by atoms with Gasteiger partial charge < -0.3 is 15.4 Å². The molecule has 3 nitrogen and oxygen atoms in total. The molecule has 104 valence electrons. The fraction of sp³-hybridized carbons (Fsp3) is 0.188. The van der Waals surface area contributed by atoms with Crippen molar-refractivity contribution in [1.29, 1.82) is 0 Å². The van der Waals surface area contributed by atoms with Gasteiger partial charge in [0.25, 0.3) is 0 Å². The van der Waals surface area contributed by atoms with Crippen LogP contribution in [-0.2, 0) is 0 Å². The summed E-state index contributed by atoms with van der Waals surface area (Å²) in [6.07, 6.45) is 1.03. The first-order valence-corrected chi connectivity index (χ1v) is 7.07. The highest BCUT2D eigenvalue weighted by atomic mass is 32.1. The Morgan fingerprint density at radius 2 is 1.75 bits per heavy atom. The molecule has 2 aromatic carbocycles. The smallest absolute Gasteiger partial charge is 0.170 e. The lowest BCUT2D eigenvalue weighted by Crippen LogP contribution is -2.29. The summed E-state index contributed by atoms with van der Waals surface area (Å²) >= 11 is 5.25. The number of nitrogens with one attached hydrogen (secondary N) is 2. The number of hydrogen-bond acceptors (Lipinski definition) is 2. The molecule has 0 saturated carbocycles. The monoisotopic (exact) mass is 286 g/mol. The van der Waals surface area contributed by atoms with E-state index in [1.807, 2.05) is 54.6 Å². The van der Waals surface area contributed by atoms with Crippen molar-refractivity contribution >= 4 is 23.0 Å². The molecule has 0 bridgehead atoms. The molecular weight excluding hydrogens is 268 g/mol. The third-order valence-electron chi connectivity index (χ3n) is 2.64. The lowest BCUT2D eigenvalue weighted by atomic mass is 10.3. The molecule has 0 fully saturated rings. The number of thiocarbonyl (C=S) groups is 1. The average Bonchev–Trinajstić information content (AvgIpc) is 2.48. The van der Waals surface area contributed by atoms with Crippen LogP contribution in [-0.4, -0.2) is 11.7 Å². The Hall–Kier alpha value is -2.07. The first kappa shape index (κ1) is 14.3. The Balaban J connectivity index is 2.08. The standard InChI is InChI=1S/C16H18N2OS/c1-2-12-17-16(20)18-14-10-6-7-11-15(14)19-13-8-4-3-5-9-13/h3-11H,2,12H2,1H3,(H2,17,18,20). The minimum atomic E-state index is 0.607.